The van der Waals surface area contributed by atoms with Gasteiger partial charge in [0.15, 0.2) is 0 Å². The lowest BCUT2D eigenvalue weighted by molar-refractivity contribution is -0.123. The predicted octanol–water partition coefficient (Wildman–Crippen LogP) is 1.80. The highest BCUT2D eigenvalue weighted by molar-refractivity contribution is 5.75. The lowest BCUT2D eigenvalue weighted by atomic mass is 10.1. The minimum absolute atomic E-state index is 0.0565. The van der Waals surface area contributed by atoms with Crippen molar-refractivity contribution < 1.29 is 9.53 Å². The molecule has 0 unspecified atom stereocenters. The molecule has 1 aromatic carbocycles. The van der Waals surface area contributed by atoms with E-state index in [0.717, 1.165) is 26.2 Å². The Labute approximate surface area is 121 Å². The van der Waals surface area contributed by atoms with Gasteiger partial charge in [-0.25, -0.2) is 0 Å². The summed E-state index contributed by atoms with van der Waals surface area (Å²) in [6.45, 7) is 7.36. The molecule has 0 aromatic heterocycles. The van der Waals surface area contributed by atoms with Crippen LogP contribution in [-0.2, 0) is 16.1 Å². The van der Waals surface area contributed by atoms with E-state index in [1.165, 1.54) is 5.56 Å². The molecule has 0 aliphatic carbocycles. The molecule has 4 nitrogen and oxygen atoms in total. The van der Waals surface area contributed by atoms with Crippen LogP contribution in [0.1, 0.15) is 25.8 Å². The van der Waals surface area contributed by atoms with Crippen LogP contribution in [0, 0.1) is 0 Å². The largest absolute Gasteiger partial charge is 0.373 e. The minimum Gasteiger partial charge on any atom is -0.373 e. The van der Waals surface area contributed by atoms with Gasteiger partial charge in [-0.15, -0.1) is 0 Å². The fraction of sp³-hybridized carbons (Fsp3) is 0.562. The molecular weight excluding hydrogens is 252 g/mol. The first kappa shape index (κ1) is 15.0. The van der Waals surface area contributed by atoms with E-state index in [0.29, 0.717) is 6.42 Å². The maximum atomic E-state index is 11.5. The number of hydrogen-bond donors (Lipinski definition) is 1. The van der Waals surface area contributed by atoms with Gasteiger partial charge in [0.1, 0.15) is 0 Å². The highest BCUT2D eigenvalue weighted by atomic mass is 16.5. The predicted molar refractivity (Wildman–Crippen MR) is 79.4 cm³/mol. The number of nitrogens with one attached hydrogen (secondary N) is 1. The third-order valence-electron chi connectivity index (χ3n) is 3.69. The van der Waals surface area contributed by atoms with E-state index >= 15 is 0 Å². The third kappa shape index (κ3) is 4.32. The van der Waals surface area contributed by atoms with Crippen LogP contribution in [0.25, 0.3) is 0 Å². The Kier molecular flexibility index (Phi) is 5.56. The molecule has 1 amide bonds. The van der Waals surface area contributed by atoms with Crippen molar-refractivity contribution >= 4 is 5.91 Å². The monoisotopic (exact) mass is 276 g/mol. The van der Waals surface area contributed by atoms with Crippen molar-refractivity contribution in [1.82, 2.24) is 10.2 Å². The summed E-state index contributed by atoms with van der Waals surface area (Å²) in [5, 5.41) is 2.99. The zero-order chi connectivity index (χ0) is 14.4. The number of carbonyl (C=O) groups is 1. The smallest absolute Gasteiger partial charge is 0.220 e. The lowest BCUT2D eigenvalue weighted by Gasteiger charge is -2.36. The Bertz CT molecular complexity index is 422. The van der Waals surface area contributed by atoms with Crippen molar-refractivity contribution in [3.8, 4) is 0 Å². The molecule has 1 saturated heterocycles. The summed E-state index contributed by atoms with van der Waals surface area (Å²) in [7, 11) is 0. The molecule has 4 heteroatoms. The molecule has 1 fully saturated rings. The lowest BCUT2D eigenvalue weighted by Crippen LogP contribution is -2.51. The Hall–Kier alpha value is -1.39. The van der Waals surface area contributed by atoms with Crippen molar-refractivity contribution in [2.24, 2.45) is 0 Å². The van der Waals surface area contributed by atoms with Crippen LogP contribution in [-0.4, -0.2) is 42.6 Å². The molecular formula is C16H24N2O2. The van der Waals surface area contributed by atoms with Crippen molar-refractivity contribution in [3.05, 3.63) is 35.9 Å². The maximum absolute atomic E-state index is 11.5. The molecule has 20 heavy (non-hydrogen) atoms. The van der Waals surface area contributed by atoms with Crippen molar-refractivity contribution in [1.29, 1.82) is 0 Å². The number of morpholine rings is 1. The van der Waals surface area contributed by atoms with Crippen LogP contribution in [0.2, 0.25) is 0 Å². The molecule has 1 aliphatic rings. The normalized spacial score (nSPS) is 21.4. The molecule has 1 aromatic rings. The van der Waals surface area contributed by atoms with E-state index in [2.05, 4.69) is 34.5 Å². The highest BCUT2D eigenvalue weighted by Gasteiger charge is 2.26. The van der Waals surface area contributed by atoms with Crippen LogP contribution >= 0.6 is 0 Å². The fourth-order valence-electron chi connectivity index (χ4n) is 2.47. The Morgan fingerprint density at radius 2 is 2.20 bits per heavy atom. The van der Waals surface area contributed by atoms with Gasteiger partial charge in [-0.3, -0.25) is 9.69 Å². The van der Waals surface area contributed by atoms with E-state index in [9.17, 15) is 4.79 Å². The van der Waals surface area contributed by atoms with Gasteiger partial charge in [-0.1, -0.05) is 37.3 Å². The second-order valence-corrected chi connectivity index (χ2v) is 5.34. The van der Waals surface area contributed by atoms with E-state index < -0.39 is 0 Å². The molecule has 1 N–H and O–H groups in total. The van der Waals surface area contributed by atoms with E-state index in [-0.39, 0.29) is 18.1 Å². The Balaban J connectivity index is 1.86. The zero-order valence-corrected chi connectivity index (χ0v) is 12.3. The molecule has 110 valence electrons. The van der Waals surface area contributed by atoms with Crippen molar-refractivity contribution in [2.45, 2.75) is 39.0 Å². The first-order valence-electron chi connectivity index (χ1n) is 7.36. The molecule has 0 radical (unpaired) electrons. The first-order chi connectivity index (χ1) is 9.69. The number of carbonyl (C=O) groups excluding carboxylic acids is 1. The van der Waals surface area contributed by atoms with Crippen molar-refractivity contribution in [3.63, 3.8) is 0 Å². The average Bonchev–Trinajstić information content (AvgIpc) is 2.48. The molecule has 0 bridgehead atoms. The van der Waals surface area contributed by atoms with Crippen LogP contribution in [0.5, 0.6) is 0 Å². The summed E-state index contributed by atoms with van der Waals surface area (Å²) in [6.07, 6.45) is 0.591. The SMILES string of the molecule is CCC(=O)N[C@H](C)[C@@H]1CN(Cc2ccccc2)CCO1. The number of benzene rings is 1. The minimum atomic E-state index is 0.0565. The second kappa shape index (κ2) is 7.41. The average molecular weight is 276 g/mol. The quantitative estimate of drug-likeness (QED) is 0.891. The summed E-state index contributed by atoms with van der Waals surface area (Å²) in [6, 6.07) is 10.5. The number of amides is 1. The van der Waals surface area contributed by atoms with Gasteiger partial charge in [0, 0.05) is 26.1 Å². The third-order valence-corrected chi connectivity index (χ3v) is 3.69. The molecule has 2 rings (SSSR count). The molecule has 1 heterocycles. The Morgan fingerprint density at radius 1 is 1.45 bits per heavy atom. The maximum Gasteiger partial charge on any atom is 0.220 e. The van der Waals surface area contributed by atoms with Gasteiger partial charge >= 0.3 is 0 Å². The number of nitrogens with zero attached hydrogens (tertiary/aromatic N) is 1. The summed E-state index contributed by atoms with van der Waals surface area (Å²) >= 11 is 0. The number of rotatable bonds is 5. The van der Waals surface area contributed by atoms with E-state index in [4.69, 9.17) is 4.74 Å². The summed E-state index contributed by atoms with van der Waals surface area (Å²) in [5.74, 6) is 0.0845. The van der Waals surface area contributed by atoms with Crippen LogP contribution in [0.15, 0.2) is 30.3 Å². The first-order valence-corrected chi connectivity index (χ1v) is 7.36. The van der Waals surface area contributed by atoms with Gasteiger partial charge in [0.05, 0.1) is 18.8 Å². The number of hydrogen-bond acceptors (Lipinski definition) is 3. The van der Waals surface area contributed by atoms with Crippen LogP contribution in [0.3, 0.4) is 0 Å². The second-order valence-electron chi connectivity index (χ2n) is 5.34. The van der Waals surface area contributed by atoms with Crippen molar-refractivity contribution in [2.75, 3.05) is 19.7 Å². The van der Waals surface area contributed by atoms with Crippen LogP contribution in [0.4, 0.5) is 0 Å². The molecule has 0 spiro atoms. The Morgan fingerprint density at radius 3 is 2.90 bits per heavy atom. The molecule has 2 atom stereocenters. The summed E-state index contributed by atoms with van der Waals surface area (Å²) < 4.78 is 5.80. The summed E-state index contributed by atoms with van der Waals surface area (Å²) in [5.41, 5.74) is 1.32. The van der Waals surface area contributed by atoms with Gasteiger partial charge in [0.25, 0.3) is 0 Å². The molecule has 1 aliphatic heterocycles. The van der Waals surface area contributed by atoms with Gasteiger partial charge in [-0.2, -0.15) is 0 Å². The van der Waals surface area contributed by atoms with Crippen LogP contribution < -0.4 is 5.32 Å². The van der Waals surface area contributed by atoms with Gasteiger partial charge in [-0.05, 0) is 12.5 Å². The fourth-order valence-corrected chi connectivity index (χ4v) is 2.47. The van der Waals surface area contributed by atoms with Gasteiger partial charge in [0.2, 0.25) is 5.91 Å². The van der Waals surface area contributed by atoms with E-state index in [1.54, 1.807) is 0 Å². The molecule has 0 saturated carbocycles. The van der Waals surface area contributed by atoms with Gasteiger partial charge < -0.3 is 10.1 Å². The standard InChI is InChI=1S/C16H24N2O2/c1-3-16(19)17-13(2)15-12-18(9-10-20-15)11-14-7-5-4-6-8-14/h4-8,13,15H,3,9-12H2,1-2H3,(H,17,19)/t13-,15+/m1/s1. The zero-order valence-electron chi connectivity index (χ0n) is 12.3. The van der Waals surface area contributed by atoms with E-state index in [1.807, 2.05) is 19.9 Å². The highest BCUT2D eigenvalue weighted by Crippen LogP contribution is 2.12. The topological polar surface area (TPSA) is 41.6 Å². The number of ether oxygens (including phenoxy) is 1. The summed E-state index contributed by atoms with van der Waals surface area (Å²) in [4.78, 5) is 13.8.